The number of anilines is 1. The fourth-order valence-electron chi connectivity index (χ4n) is 3.86. The summed E-state index contributed by atoms with van der Waals surface area (Å²) in [5.41, 5.74) is 8.51. The van der Waals surface area contributed by atoms with Gasteiger partial charge in [-0.05, 0) is 48.4 Å². The Labute approximate surface area is 156 Å². The van der Waals surface area contributed by atoms with Crippen LogP contribution in [0.1, 0.15) is 32.3 Å². The molecule has 0 spiro atoms. The van der Waals surface area contributed by atoms with Crippen molar-refractivity contribution in [1.29, 1.82) is 0 Å². The van der Waals surface area contributed by atoms with Crippen molar-refractivity contribution in [3.05, 3.63) is 23.8 Å². The smallest absolute Gasteiger partial charge is 0.241 e. The molecule has 2 N–H and O–H groups in total. The molecule has 0 radical (unpaired) electrons. The Bertz CT molecular complexity index is 621. The fraction of sp³-hybridized carbons (Fsp3) is 0.632. The number of amides is 1. The highest BCUT2D eigenvalue weighted by atomic mass is 35.5. The first-order chi connectivity index (χ1) is 11.4. The first-order valence-electron chi connectivity index (χ1n) is 8.86. The highest BCUT2D eigenvalue weighted by Crippen LogP contribution is 2.31. The Morgan fingerprint density at radius 2 is 2.12 bits per heavy atom. The number of ether oxygens (including phenoxy) is 1. The lowest BCUT2D eigenvalue weighted by Gasteiger charge is -2.43. The van der Waals surface area contributed by atoms with Crippen molar-refractivity contribution in [1.82, 2.24) is 4.90 Å². The second kappa shape index (κ2) is 7.94. The maximum atomic E-state index is 12.9. The zero-order valence-corrected chi connectivity index (χ0v) is 16.3. The summed E-state index contributed by atoms with van der Waals surface area (Å²) in [6, 6.07) is 6.22. The minimum atomic E-state index is 0. The molecule has 1 fully saturated rings. The first-order valence-corrected chi connectivity index (χ1v) is 8.86. The number of hydrogen-bond donors (Lipinski definition) is 1. The average molecular weight is 368 g/mol. The largest absolute Gasteiger partial charge is 0.497 e. The lowest BCUT2D eigenvalue weighted by molar-refractivity contribution is -0.120. The van der Waals surface area contributed by atoms with Gasteiger partial charge in [0.15, 0.2) is 0 Å². The van der Waals surface area contributed by atoms with Crippen LogP contribution >= 0.6 is 12.4 Å². The van der Waals surface area contributed by atoms with Gasteiger partial charge in [0.1, 0.15) is 5.75 Å². The predicted octanol–water partition coefficient (Wildman–Crippen LogP) is 2.46. The van der Waals surface area contributed by atoms with Crippen molar-refractivity contribution in [2.24, 2.45) is 11.1 Å². The van der Waals surface area contributed by atoms with E-state index >= 15 is 0 Å². The van der Waals surface area contributed by atoms with Crippen LogP contribution in [-0.4, -0.2) is 50.1 Å². The van der Waals surface area contributed by atoms with Crippen LogP contribution in [0.3, 0.4) is 0 Å². The van der Waals surface area contributed by atoms with Crippen molar-refractivity contribution < 1.29 is 9.53 Å². The minimum Gasteiger partial charge on any atom is -0.497 e. The van der Waals surface area contributed by atoms with Crippen LogP contribution in [0.15, 0.2) is 18.2 Å². The summed E-state index contributed by atoms with van der Waals surface area (Å²) in [6.07, 6.45) is 2.96. The number of carbonyl (C=O) groups is 1. The van der Waals surface area contributed by atoms with Crippen molar-refractivity contribution in [2.75, 3.05) is 38.2 Å². The maximum absolute atomic E-state index is 12.9. The van der Waals surface area contributed by atoms with Crippen LogP contribution < -0.4 is 15.4 Å². The van der Waals surface area contributed by atoms with E-state index in [1.165, 1.54) is 5.56 Å². The molecule has 2 aliphatic heterocycles. The van der Waals surface area contributed by atoms with E-state index in [9.17, 15) is 4.79 Å². The number of methoxy groups -OCH3 is 1. The number of hydrogen-bond acceptors (Lipinski definition) is 4. The maximum Gasteiger partial charge on any atom is 0.241 e. The van der Waals surface area contributed by atoms with Crippen LogP contribution in [0.25, 0.3) is 0 Å². The second-order valence-electron chi connectivity index (χ2n) is 7.74. The molecule has 3 rings (SSSR count). The van der Waals surface area contributed by atoms with Crippen LogP contribution in [0.4, 0.5) is 5.69 Å². The van der Waals surface area contributed by atoms with Gasteiger partial charge in [-0.1, -0.05) is 13.8 Å². The molecule has 25 heavy (non-hydrogen) atoms. The molecule has 0 aliphatic carbocycles. The number of benzene rings is 1. The highest BCUT2D eigenvalue weighted by Gasteiger charge is 2.35. The summed E-state index contributed by atoms with van der Waals surface area (Å²) in [6.45, 7) is 7.44. The Hall–Kier alpha value is -1.30. The summed E-state index contributed by atoms with van der Waals surface area (Å²) in [5.74, 6) is 1.04. The molecule has 0 aromatic heterocycles. The number of rotatable bonds is 3. The SMILES string of the molecule is COc1ccc2c(c1)CCCN2C(=O)CN1CCC(N)C(C)(C)C1.Cl. The van der Waals surface area contributed by atoms with E-state index in [4.69, 9.17) is 10.5 Å². The van der Waals surface area contributed by atoms with E-state index in [1.807, 2.05) is 17.0 Å². The Morgan fingerprint density at radius 3 is 2.80 bits per heavy atom. The van der Waals surface area contributed by atoms with E-state index in [0.717, 1.165) is 50.3 Å². The number of piperidine rings is 1. The van der Waals surface area contributed by atoms with Gasteiger partial charge in [0.05, 0.1) is 13.7 Å². The molecule has 1 atom stereocenters. The van der Waals surface area contributed by atoms with Crippen LogP contribution in [0.2, 0.25) is 0 Å². The monoisotopic (exact) mass is 367 g/mol. The topological polar surface area (TPSA) is 58.8 Å². The van der Waals surface area contributed by atoms with E-state index in [2.05, 4.69) is 24.8 Å². The number of fused-ring (bicyclic) bond motifs is 1. The van der Waals surface area contributed by atoms with Gasteiger partial charge in [-0.15, -0.1) is 12.4 Å². The number of nitrogens with two attached hydrogens (primary N) is 1. The number of aryl methyl sites for hydroxylation is 1. The molecule has 5 nitrogen and oxygen atoms in total. The van der Waals surface area contributed by atoms with E-state index < -0.39 is 0 Å². The van der Waals surface area contributed by atoms with Gasteiger partial charge >= 0.3 is 0 Å². The number of nitrogens with zero attached hydrogens (tertiary/aromatic N) is 2. The molecule has 6 heteroatoms. The summed E-state index contributed by atoms with van der Waals surface area (Å²) in [7, 11) is 1.68. The molecule has 1 aromatic rings. The highest BCUT2D eigenvalue weighted by molar-refractivity contribution is 5.96. The fourth-order valence-corrected chi connectivity index (χ4v) is 3.86. The van der Waals surface area contributed by atoms with Crippen molar-refractivity contribution >= 4 is 24.0 Å². The standard InChI is InChI=1S/C19H29N3O2.ClH/c1-19(2)13-21(10-8-17(19)20)12-18(23)22-9-4-5-14-11-15(24-3)6-7-16(14)22;/h6-7,11,17H,4-5,8-10,12-13,20H2,1-3H3;1H. The third kappa shape index (κ3) is 4.27. The number of likely N-dealkylation sites (tertiary alicyclic amines) is 1. The van der Waals surface area contributed by atoms with E-state index in [0.29, 0.717) is 6.54 Å². The zero-order chi connectivity index (χ0) is 17.3. The molecule has 0 saturated carbocycles. The Morgan fingerprint density at radius 1 is 1.36 bits per heavy atom. The van der Waals surface area contributed by atoms with E-state index in [-0.39, 0.29) is 29.8 Å². The Balaban J connectivity index is 0.00000225. The van der Waals surface area contributed by atoms with Crippen LogP contribution in [0, 0.1) is 5.41 Å². The van der Waals surface area contributed by atoms with Gasteiger partial charge in [0, 0.05) is 31.4 Å². The van der Waals surface area contributed by atoms with Gasteiger partial charge in [-0.3, -0.25) is 9.69 Å². The molecule has 0 bridgehead atoms. The lowest BCUT2D eigenvalue weighted by atomic mass is 9.80. The number of halogens is 1. The zero-order valence-electron chi connectivity index (χ0n) is 15.5. The van der Waals surface area contributed by atoms with Crippen molar-refractivity contribution in [3.63, 3.8) is 0 Å². The molecule has 2 heterocycles. The summed E-state index contributed by atoms with van der Waals surface area (Å²) in [5, 5.41) is 0. The van der Waals surface area contributed by atoms with Gasteiger partial charge in [-0.2, -0.15) is 0 Å². The number of carbonyl (C=O) groups excluding carboxylic acids is 1. The molecular weight excluding hydrogens is 338 g/mol. The molecule has 140 valence electrons. The van der Waals surface area contributed by atoms with Gasteiger partial charge in [-0.25, -0.2) is 0 Å². The van der Waals surface area contributed by atoms with Crippen LogP contribution in [-0.2, 0) is 11.2 Å². The average Bonchev–Trinajstić information content (AvgIpc) is 2.56. The lowest BCUT2D eigenvalue weighted by Crippen LogP contribution is -2.54. The molecule has 1 aromatic carbocycles. The molecule has 1 unspecified atom stereocenters. The third-order valence-electron chi connectivity index (χ3n) is 5.46. The summed E-state index contributed by atoms with van der Waals surface area (Å²) < 4.78 is 5.31. The quantitative estimate of drug-likeness (QED) is 0.891. The van der Waals surface area contributed by atoms with Gasteiger partial charge in [0.2, 0.25) is 5.91 Å². The van der Waals surface area contributed by atoms with E-state index in [1.54, 1.807) is 7.11 Å². The summed E-state index contributed by atoms with van der Waals surface area (Å²) >= 11 is 0. The molecular formula is C19H30ClN3O2. The van der Waals surface area contributed by atoms with Crippen LogP contribution in [0.5, 0.6) is 5.75 Å². The predicted molar refractivity (Wildman–Crippen MR) is 104 cm³/mol. The molecule has 1 amide bonds. The minimum absolute atomic E-state index is 0. The van der Waals surface area contributed by atoms with Gasteiger partial charge in [0.25, 0.3) is 0 Å². The first kappa shape index (κ1) is 20.0. The van der Waals surface area contributed by atoms with Crippen molar-refractivity contribution in [3.8, 4) is 5.75 Å². The normalized spacial score (nSPS) is 22.7. The van der Waals surface area contributed by atoms with Gasteiger partial charge < -0.3 is 15.4 Å². The molecule has 1 saturated heterocycles. The summed E-state index contributed by atoms with van der Waals surface area (Å²) in [4.78, 5) is 17.1. The third-order valence-corrected chi connectivity index (χ3v) is 5.46. The molecule has 2 aliphatic rings. The second-order valence-corrected chi connectivity index (χ2v) is 7.74. The van der Waals surface area contributed by atoms with Crippen molar-refractivity contribution in [2.45, 2.75) is 39.2 Å². The Kier molecular flexibility index (Phi) is 6.35.